The summed E-state index contributed by atoms with van der Waals surface area (Å²) < 4.78 is 0. The molecule has 0 heterocycles. The largest absolute Gasteiger partial charge is 0.394 e. The summed E-state index contributed by atoms with van der Waals surface area (Å²) in [6.07, 6.45) is 0. The zero-order chi connectivity index (χ0) is 9.68. The summed E-state index contributed by atoms with van der Waals surface area (Å²) >= 11 is 0. The van der Waals surface area contributed by atoms with Crippen LogP contribution in [-0.4, -0.2) is 17.7 Å². The normalized spacial score (nSPS) is 12.1. The molecular weight excluding hydrogens is 166 g/mol. The van der Waals surface area contributed by atoms with Gasteiger partial charge in [0.15, 0.2) is 5.96 Å². The van der Waals surface area contributed by atoms with Crippen molar-refractivity contribution in [1.82, 2.24) is 0 Å². The number of nitrogens with zero attached hydrogens (tertiary/aromatic N) is 1. The van der Waals surface area contributed by atoms with Crippen LogP contribution in [0.5, 0.6) is 0 Å². The number of guanidine groups is 1. The Bertz CT molecular complexity index is 280. The summed E-state index contributed by atoms with van der Waals surface area (Å²) in [5, 5.41) is 9.01. The van der Waals surface area contributed by atoms with E-state index < -0.39 is 0 Å². The molecule has 0 radical (unpaired) electrons. The van der Waals surface area contributed by atoms with Crippen LogP contribution in [0.4, 0.5) is 0 Å². The Hall–Kier alpha value is -1.55. The number of aliphatic imine (C=N–C) groups is 1. The fourth-order valence-corrected chi connectivity index (χ4v) is 1.08. The van der Waals surface area contributed by atoms with Gasteiger partial charge in [-0.25, -0.2) is 4.99 Å². The third kappa shape index (κ3) is 2.76. The van der Waals surface area contributed by atoms with Gasteiger partial charge in [0.2, 0.25) is 0 Å². The molecule has 0 amide bonds. The Kier molecular flexibility index (Phi) is 3.28. The van der Waals surface area contributed by atoms with Crippen LogP contribution in [0.1, 0.15) is 11.6 Å². The van der Waals surface area contributed by atoms with Crippen LogP contribution in [0.15, 0.2) is 35.3 Å². The van der Waals surface area contributed by atoms with Crippen LogP contribution in [0.25, 0.3) is 0 Å². The highest BCUT2D eigenvalue weighted by atomic mass is 16.3. The summed E-state index contributed by atoms with van der Waals surface area (Å²) in [4.78, 5) is 3.89. The monoisotopic (exact) mass is 179 g/mol. The van der Waals surface area contributed by atoms with Gasteiger partial charge in [-0.2, -0.15) is 0 Å². The lowest BCUT2D eigenvalue weighted by molar-refractivity contribution is 0.269. The summed E-state index contributed by atoms with van der Waals surface area (Å²) in [5.41, 5.74) is 11.3. The van der Waals surface area contributed by atoms with E-state index in [1.165, 1.54) is 0 Å². The Morgan fingerprint density at radius 3 is 2.38 bits per heavy atom. The van der Waals surface area contributed by atoms with Gasteiger partial charge in [0, 0.05) is 0 Å². The number of rotatable bonds is 3. The molecule has 0 saturated heterocycles. The molecule has 4 nitrogen and oxygen atoms in total. The highest BCUT2D eigenvalue weighted by Gasteiger charge is 2.07. The van der Waals surface area contributed by atoms with E-state index in [0.29, 0.717) is 0 Å². The Balaban J connectivity index is 2.85. The first kappa shape index (κ1) is 9.54. The molecule has 0 fully saturated rings. The van der Waals surface area contributed by atoms with E-state index in [0.717, 1.165) is 5.56 Å². The van der Waals surface area contributed by atoms with Crippen molar-refractivity contribution in [3.8, 4) is 0 Å². The van der Waals surface area contributed by atoms with E-state index in [-0.39, 0.29) is 18.6 Å². The number of benzene rings is 1. The first-order valence-corrected chi connectivity index (χ1v) is 3.98. The van der Waals surface area contributed by atoms with Gasteiger partial charge < -0.3 is 16.6 Å². The first-order chi connectivity index (χ1) is 6.24. The Morgan fingerprint density at radius 1 is 1.31 bits per heavy atom. The fourth-order valence-electron chi connectivity index (χ4n) is 1.08. The molecule has 5 N–H and O–H groups in total. The van der Waals surface area contributed by atoms with Crippen molar-refractivity contribution < 1.29 is 5.11 Å². The second kappa shape index (κ2) is 4.47. The maximum atomic E-state index is 9.01. The van der Waals surface area contributed by atoms with Crippen molar-refractivity contribution in [2.24, 2.45) is 16.5 Å². The van der Waals surface area contributed by atoms with Gasteiger partial charge in [0.1, 0.15) is 6.04 Å². The van der Waals surface area contributed by atoms with Crippen LogP contribution in [0.2, 0.25) is 0 Å². The van der Waals surface area contributed by atoms with Crippen molar-refractivity contribution in [3.05, 3.63) is 35.9 Å². The summed E-state index contributed by atoms with van der Waals surface area (Å²) in [5.74, 6) is -0.0112. The van der Waals surface area contributed by atoms with E-state index in [2.05, 4.69) is 4.99 Å². The van der Waals surface area contributed by atoms with Crippen LogP contribution in [-0.2, 0) is 0 Å². The zero-order valence-corrected chi connectivity index (χ0v) is 7.22. The number of aliphatic hydroxyl groups excluding tert-OH is 1. The number of hydrogen-bond acceptors (Lipinski definition) is 2. The topological polar surface area (TPSA) is 84.6 Å². The third-order valence-corrected chi connectivity index (χ3v) is 1.66. The predicted octanol–water partition coefficient (Wildman–Crippen LogP) is -0.00660. The third-order valence-electron chi connectivity index (χ3n) is 1.66. The molecule has 70 valence electrons. The molecule has 0 saturated carbocycles. The molecule has 0 aliphatic rings. The first-order valence-electron chi connectivity index (χ1n) is 3.98. The Labute approximate surface area is 76.9 Å². The van der Waals surface area contributed by atoms with Gasteiger partial charge >= 0.3 is 0 Å². The highest BCUT2D eigenvalue weighted by molar-refractivity contribution is 5.76. The molecule has 1 rings (SSSR count). The number of hydrogen-bond donors (Lipinski definition) is 3. The maximum absolute atomic E-state index is 9.01. The van der Waals surface area contributed by atoms with Crippen LogP contribution in [0.3, 0.4) is 0 Å². The van der Waals surface area contributed by atoms with Gasteiger partial charge in [0.05, 0.1) is 6.61 Å². The van der Waals surface area contributed by atoms with Crippen LogP contribution in [0, 0.1) is 0 Å². The lowest BCUT2D eigenvalue weighted by Gasteiger charge is -2.09. The minimum absolute atomic E-state index is 0.0112. The van der Waals surface area contributed by atoms with E-state index >= 15 is 0 Å². The molecule has 0 spiro atoms. The second-order valence-electron chi connectivity index (χ2n) is 2.66. The van der Waals surface area contributed by atoms with Crippen molar-refractivity contribution in [1.29, 1.82) is 0 Å². The molecule has 1 unspecified atom stereocenters. The van der Waals surface area contributed by atoms with Gasteiger partial charge in [-0.15, -0.1) is 0 Å². The lowest BCUT2D eigenvalue weighted by atomic mass is 10.1. The predicted molar refractivity (Wildman–Crippen MR) is 52.1 cm³/mol. The molecule has 4 heteroatoms. The Morgan fingerprint density at radius 2 is 1.92 bits per heavy atom. The molecule has 1 aromatic rings. The summed E-state index contributed by atoms with van der Waals surface area (Å²) in [7, 11) is 0. The van der Waals surface area contributed by atoms with Crippen LogP contribution < -0.4 is 11.5 Å². The minimum atomic E-state index is -0.355. The zero-order valence-electron chi connectivity index (χ0n) is 7.22. The average Bonchev–Trinajstić information content (AvgIpc) is 2.15. The van der Waals surface area contributed by atoms with E-state index in [9.17, 15) is 0 Å². The minimum Gasteiger partial charge on any atom is -0.394 e. The fraction of sp³-hybridized carbons (Fsp3) is 0.222. The number of nitrogens with two attached hydrogens (primary N) is 2. The molecule has 0 aromatic heterocycles. The van der Waals surface area contributed by atoms with E-state index in [1.807, 2.05) is 30.3 Å². The highest BCUT2D eigenvalue weighted by Crippen LogP contribution is 2.15. The van der Waals surface area contributed by atoms with E-state index in [1.54, 1.807) is 0 Å². The molecular formula is C9H13N3O. The van der Waals surface area contributed by atoms with Crippen molar-refractivity contribution >= 4 is 5.96 Å². The lowest BCUT2D eigenvalue weighted by Crippen LogP contribution is -2.24. The van der Waals surface area contributed by atoms with E-state index in [4.69, 9.17) is 16.6 Å². The molecule has 0 aliphatic heterocycles. The summed E-state index contributed by atoms with van der Waals surface area (Å²) in [6.45, 7) is -0.0953. The van der Waals surface area contributed by atoms with Gasteiger partial charge in [0.25, 0.3) is 0 Å². The van der Waals surface area contributed by atoms with Gasteiger partial charge in [-0.1, -0.05) is 30.3 Å². The molecule has 13 heavy (non-hydrogen) atoms. The molecule has 0 bridgehead atoms. The van der Waals surface area contributed by atoms with Gasteiger partial charge in [-0.3, -0.25) is 0 Å². The van der Waals surface area contributed by atoms with Crippen molar-refractivity contribution in [2.45, 2.75) is 6.04 Å². The van der Waals surface area contributed by atoms with Gasteiger partial charge in [-0.05, 0) is 5.56 Å². The van der Waals surface area contributed by atoms with Crippen molar-refractivity contribution in [3.63, 3.8) is 0 Å². The SMILES string of the molecule is NC(N)=NC(CO)c1ccccc1. The van der Waals surface area contributed by atoms with Crippen molar-refractivity contribution in [2.75, 3.05) is 6.61 Å². The number of aliphatic hydroxyl groups is 1. The molecule has 1 aromatic carbocycles. The second-order valence-corrected chi connectivity index (χ2v) is 2.66. The quantitative estimate of drug-likeness (QED) is 0.451. The molecule has 0 aliphatic carbocycles. The standard InChI is InChI=1S/C9H13N3O/c10-9(11)12-8(6-13)7-4-2-1-3-5-7/h1-5,8,13H,6H2,(H4,10,11,12). The summed E-state index contributed by atoms with van der Waals surface area (Å²) in [6, 6.07) is 9.03. The molecule has 1 atom stereocenters. The maximum Gasteiger partial charge on any atom is 0.186 e. The smallest absolute Gasteiger partial charge is 0.186 e. The van der Waals surface area contributed by atoms with Crippen LogP contribution >= 0.6 is 0 Å². The average molecular weight is 179 g/mol.